The molecule has 1 saturated heterocycles. The van der Waals surface area contributed by atoms with Gasteiger partial charge in [-0.1, -0.05) is 6.07 Å². The monoisotopic (exact) mass is 313 g/mol. The van der Waals surface area contributed by atoms with Gasteiger partial charge in [0.2, 0.25) is 15.9 Å². The van der Waals surface area contributed by atoms with Crippen LogP contribution in [0.25, 0.3) is 0 Å². The standard InChI is InChI=1S/C13H19N3O4S/c1-21(18,19)16-11-4-2-3-10(7-11)15-13(17)8-12-9-14-5-6-20-12/h2-4,7,12,14,16H,5-6,8-9H2,1H3,(H,15,17). The van der Waals surface area contributed by atoms with Crippen molar-refractivity contribution in [2.24, 2.45) is 0 Å². The normalized spacial score (nSPS) is 19.0. The molecule has 1 aliphatic rings. The lowest BCUT2D eigenvalue weighted by atomic mass is 10.2. The second-order valence-electron chi connectivity index (χ2n) is 4.90. The first-order chi connectivity index (χ1) is 9.92. The summed E-state index contributed by atoms with van der Waals surface area (Å²) in [5.41, 5.74) is 0.948. The van der Waals surface area contributed by atoms with E-state index in [0.717, 1.165) is 12.8 Å². The van der Waals surface area contributed by atoms with Gasteiger partial charge < -0.3 is 15.4 Å². The first-order valence-corrected chi connectivity index (χ1v) is 8.51. The Bertz CT molecular complexity index is 597. The maximum atomic E-state index is 11.9. The second-order valence-corrected chi connectivity index (χ2v) is 6.65. The topological polar surface area (TPSA) is 96.5 Å². The Labute approximate surface area is 124 Å². The van der Waals surface area contributed by atoms with Gasteiger partial charge in [-0.25, -0.2) is 8.42 Å². The lowest BCUT2D eigenvalue weighted by Gasteiger charge is -2.23. The predicted molar refractivity (Wildman–Crippen MR) is 80.8 cm³/mol. The van der Waals surface area contributed by atoms with E-state index in [1.807, 2.05) is 0 Å². The van der Waals surface area contributed by atoms with Crippen molar-refractivity contribution in [2.45, 2.75) is 12.5 Å². The molecule has 7 nitrogen and oxygen atoms in total. The molecule has 0 saturated carbocycles. The molecular formula is C13H19N3O4S. The van der Waals surface area contributed by atoms with E-state index in [2.05, 4.69) is 15.4 Å². The van der Waals surface area contributed by atoms with Crippen molar-refractivity contribution in [3.8, 4) is 0 Å². The van der Waals surface area contributed by atoms with Crippen molar-refractivity contribution >= 4 is 27.3 Å². The van der Waals surface area contributed by atoms with Gasteiger partial charge in [0.1, 0.15) is 0 Å². The van der Waals surface area contributed by atoms with Gasteiger partial charge in [0.05, 0.1) is 31.1 Å². The average Bonchev–Trinajstić information content (AvgIpc) is 2.38. The van der Waals surface area contributed by atoms with Gasteiger partial charge in [-0.15, -0.1) is 0 Å². The quantitative estimate of drug-likeness (QED) is 0.730. The molecule has 1 unspecified atom stereocenters. The second kappa shape index (κ2) is 6.88. The van der Waals surface area contributed by atoms with E-state index in [9.17, 15) is 13.2 Å². The fraction of sp³-hybridized carbons (Fsp3) is 0.462. The van der Waals surface area contributed by atoms with Crippen molar-refractivity contribution in [1.29, 1.82) is 0 Å². The maximum absolute atomic E-state index is 11.9. The van der Waals surface area contributed by atoms with Gasteiger partial charge in [0, 0.05) is 18.8 Å². The van der Waals surface area contributed by atoms with E-state index >= 15 is 0 Å². The van der Waals surface area contributed by atoms with Crippen LogP contribution in [-0.4, -0.2) is 46.4 Å². The predicted octanol–water partition coefficient (Wildman–Crippen LogP) is 0.375. The summed E-state index contributed by atoms with van der Waals surface area (Å²) < 4.78 is 30.2. The molecule has 8 heteroatoms. The molecule has 1 fully saturated rings. The Balaban J connectivity index is 1.92. The highest BCUT2D eigenvalue weighted by Gasteiger charge is 2.17. The third kappa shape index (κ3) is 5.70. The zero-order valence-electron chi connectivity index (χ0n) is 11.8. The van der Waals surface area contributed by atoms with E-state index in [0.29, 0.717) is 24.5 Å². The molecule has 116 valence electrons. The van der Waals surface area contributed by atoms with Gasteiger partial charge >= 0.3 is 0 Å². The van der Waals surface area contributed by atoms with Crippen molar-refractivity contribution in [1.82, 2.24) is 5.32 Å². The molecule has 0 spiro atoms. The lowest BCUT2D eigenvalue weighted by molar-refractivity contribution is -0.119. The molecule has 1 aromatic carbocycles. The summed E-state index contributed by atoms with van der Waals surface area (Å²) in [7, 11) is -3.34. The van der Waals surface area contributed by atoms with E-state index < -0.39 is 10.0 Å². The molecule has 1 aliphatic heterocycles. The van der Waals surface area contributed by atoms with Crippen LogP contribution in [-0.2, 0) is 19.6 Å². The van der Waals surface area contributed by atoms with Crippen LogP contribution >= 0.6 is 0 Å². The Morgan fingerprint density at radius 1 is 1.43 bits per heavy atom. The zero-order valence-corrected chi connectivity index (χ0v) is 12.6. The van der Waals surface area contributed by atoms with E-state index in [4.69, 9.17) is 4.74 Å². The number of hydrogen-bond donors (Lipinski definition) is 3. The summed E-state index contributed by atoms with van der Waals surface area (Å²) in [6.07, 6.45) is 1.21. The smallest absolute Gasteiger partial charge is 0.229 e. The largest absolute Gasteiger partial charge is 0.375 e. The zero-order chi connectivity index (χ0) is 15.3. The fourth-order valence-electron chi connectivity index (χ4n) is 2.04. The molecule has 2 rings (SSSR count). The van der Waals surface area contributed by atoms with Crippen LogP contribution in [0.15, 0.2) is 24.3 Å². The number of rotatable bonds is 5. The molecular weight excluding hydrogens is 294 g/mol. The summed E-state index contributed by atoms with van der Waals surface area (Å²) in [4.78, 5) is 11.9. The van der Waals surface area contributed by atoms with Crippen molar-refractivity contribution in [3.05, 3.63) is 24.3 Å². The summed E-state index contributed by atoms with van der Waals surface area (Å²) in [5.74, 6) is -0.166. The van der Waals surface area contributed by atoms with Gasteiger partial charge in [0.25, 0.3) is 0 Å². The van der Waals surface area contributed by atoms with Crippen LogP contribution < -0.4 is 15.4 Å². The Morgan fingerprint density at radius 3 is 2.86 bits per heavy atom. The minimum Gasteiger partial charge on any atom is -0.375 e. The minimum atomic E-state index is -3.34. The number of benzene rings is 1. The number of carbonyl (C=O) groups is 1. The number of amides is 1. The number of hydrogen-bond acceptors (Lipinski definition) is 5. The summed E-state index contributed by atoms with van der Waals surface area (Å²) >= 11 is 0. The molecule has 0 bridgehead atoms. The number of nitrogens with one attached hydrogen (secondary N) is 3. The molecule has 0 aromatic heterocycles. The summed E-state index contributed by atoms with van der Waals surface area (Å²) in [6, 6.07) is 6.55. The molecule has 1 aromatic rings. The highest BCUT2D eigenvalue weighted by Crippen LogP contribution is 2.16. The van der Waals surface area contributed by atoms with Gasteiger partial charge in [-0.3, -0.25) is 9.52 Å². The molecule has 0 radical (unpaired) electrons. The number of carbonyl (C=O) groups excluding carboxylic acids is 1. The maximum Gasteiger partial charge on any atom is 0.229 e. The van der Waals surface area contributed by atoms with Gasteiger partial charge in [-0.2, -0.15) is 0 Å². The third-order valence-corrected chi connectivity index (χ3v) is 3.47. The molecule has 1 heterocycles. The number of morpholine rings is 1. The van der Waals surface area contributed by atoms with Crippen molar-refractivity contribution in [2.75, 3.05) is 36.0 Å². The lowest BCUT2D eigenvalue weighted by Crippen LogP contribution is -2.40. The van der Waals surface area contributed by atoms with Crippen LogP contribution in [0.2, 0.25) is 0 Å². The van der Waals surface area contributed by atoms with Crippen LogP contribution in [0.3, 0.4) is 0 Å². The molecule has 3 N–H and O–H groups in total. The highest BCUT2D eigenvalue weighted by atomic mass is 32.2. The molecule has 1 atom stereocenters. The molecule has 1 amide bonds. The highest BCUT2D eigenvalue weighted by molar-refractivity contribution is 7.92. The first-order valence-electron chi connectivity index (χ1n) is 6.62. The Morgan fingerprint density at radius 2 is 2.19 bits per heavy atom. The van der Waals surface area contributed by atoms with Crippen molar-refractivity contribution in [3.63, 3.8) is 0 Å². The van der Waals surface area contributed by atoms with Crippen LogP contribution in [0.4, 0.5) is 11.4 Å². The van der Waals surface area contributed by atoms with Gasteiger partial charge in [-0.05, 0) is 18.2 Å². The van der Waals surface area contributed by atoms with Gasteiger partial charge in [0.15, 0.2) is 0 Å². The van der Waals surface area contributed by atoms with Crippen LogP contribution in [0.5, 0.6) is 0 Å². The SMILES string of the molecule is CS(=O)(=O)Nc1cccc(NC(=O)CC2CNCCO2)c1. The van der Waals surface area contributed by atoms with Crippen LogP contribution in [0, 0.1) is 0 Å². The van der Waals surface area contributed by atoms with Crippen molar-refractivity contribution < 1.29 is 17.9 Å². The average molecular weight is 313 g/mol. The molecule has 0 aliphatic carbocycles. The minimum absolute atomic E-state index is 0.129. The number of ether oxygens (including phenoxy) is 1. The Kier molecular flexibility index (Phi) is 5.16. The fourth-order valence-corrected chi connectivity index (χ4v) is 2.60. The molecule has 21 heavy (non-hydrogen) atoms. The third-order valence-electron chi connectivity index (χ3n) is 2.87. The van der Waals surface area contributed by atoms with E-state index in [-0.39, 0.29) is 18.4 Å². The van der Waals surface area contributed by atoms with E-state index in [1.54, 1.807) is 24.3 Å². The Hall–Kier alpha value is -1.64. The summed E-state index contributed by atoms with van der Waals surface area (Å²) in [5, 5.41) is 5.89. The number of sulfonamides is 1. The van der Waals surface area contributed by atoms with E-state index in [1.165, 1.54) is 0 Å². The van der Waals surface area contributed by atoms with Crippen LogP contribution in [0.1, 0.15) is 6.42 Å². The number of anilines is 2. The summed E-state index contributed by atoms with van der Waals surface area (Å²) in [6.45, 7) is 2.06. The first kappa shape index (κ1) is 15.7.